The Hall–Kier alpha value is -2.89. The van der Waals surface area contributed by atoms with E-state index < -0.39 is 17.9 Å². The fourth-order valence-corrected chi connectivity index (χ4v) is 2.09. The van der Waals surface area contributed by atoms with Crippen molar-refractivity contribution in [2.45, 2.75) is 26.0 Å². The number of nitrogens with one attached hydrogen (secondary N) is 1. The third-order valence-corrected chi connectivity index (χ3v) is 3.38. The van der Waals surface area contributed by atoms with Crippen molar-refractivity contribution < 1.29 is 23.8 Å². The third kappa shape index (κ3) is 5.72. The maximum absolute atomic E-state index is 13.9. The van der Waals surface area contributed by atoms with E-state index in [-0.39, 0.29) is 26.0 Å². The zero-order valence-electron chi connectivity index (χ0n) is 13.0. The van der Waals surface area contributed by atoms with Crippen molar-refractivity contribution in [3.05, 3.63) is 71.0 Å². The van der Waals surface area contributed by atoms with Crippen LogP contribution in [0.5, 0.6) is 0 Å². The average Bonchev–Trinajstić information content (AvgIpc) is 2.58. The minimum absolute atomic E-state index is 0.125. The van der Waals surface area contributed by atoms with Crippen LogP contribution in [-0.4, -0.2) is 17.2 Å². The molecule has 2 rings (SSSR count). The Bertz CT molecular complexity index is 703. The largest absolute Gasteiger partial charge is 0.481 e. The van der Waals surface area contributed by atoms with Crippen molar-refractivity contribution in [3.8, 4) is 0 Å². The number of hydrogen-bond acceptors (Lipinski definition) is 3. The summed E-state index contributed by atoms with van der Waals surface area (Å²) in [4.78, 5) is 22.1. The topological polar surface area (TPSA) is 75.6 Å². The van der Waals surface area contributed by atoms with E-state index >= 15 is 0 Å². The molecule has 0 bridgehead atoms. The zero-order chi connectivity index (χ0) is 17.4. The number of carbonyl (C=O) groups is 2. The predicted molar refractivity (Wildman–Crippen MR) is 85.8 cm³/mol. The van der Waals surface area contributed by atoms with Crippen molar-refractivity contribution in [2.75, 3.05) is 0 Å². The molecular formula is C18H18FNO4. The average molecular weight is 331 g/mol. The molecule has 0 fully saturated rings. The van der Waals surface area contributed by atoms with Gasteiger partial charge in [-0.1, -0.05) is 42.5 Å². The van der Waals surface area contributed by atoms with Crippen LogP contribution in [-0.2, 0) is 29.1 Å². The van der Waals surface area contributed by atoms with Gasteiger partial charge in [-0.25, -0.2) is 9.18 Å². The minimum Gasteiger partial charge on any atom is -0.481 e. The molecule has 126 valence electrons. The van der Waals surface area contributed by atoms with Crippen molar-refractivity contribution in [1.82, 2.24) is 5.32 Å². The summed E-state index contributed by atoms with van der Waals surface area (Å²) < 4.78 is 18.9. The summed E-state index contributed by atoms with van der Waals surface area (Å²) >= 11 is 0. The first-order valence-corrected chi connectivity index (χ1v) is 7.48. The van der Waals surface area contributed by atoms with Gasteiger partial charge >= 0.3 is 12.1 Å². The summed E-state index contributed by atoms with van der Waals surface area (Å²) in [5, 5.41) is 11.2. The quantitative estimate of drug-likeness (QED) is 0.816. The maximum atomic E-state index is 13.9. The number of carboxylic acids is 1. The van der Waals surface area contributed by atoms with E-state index in [4.69, 9.17) is 9.84 Å². The number of carbonyl (C=O) groups excluding carboxylic acids is 1. The molecule has 2 N–H and O–H groups in total. The molecule has 0 saturated carbocycles. The molecule has 24 heavy (non-hydrogen) atoms. The van der Waals surface area contributed by atoms with Gasteiger partial charge in [0.05, 0.1) is 0 Å². The van der Waals surface area contributed by atoms with E-state index in [1.807, 2.05) is 30.3 Å². The Morgan fingerprint density at radius 2 is 1.83 bits per heavy atom. The van der Waals surface area contributed by atoms with Crippen molar-refractivity contribution >= 4 is 12.1 Å². The van der Waals surface area contributed by atoms with Crippen LogP contribution >= 0.6 is 0 Å². The van der Waals surface area contributed by atoms with Gasteiger partial charge in [0.2, 0.25) is 0 Å². The van der Waals surface area contributed by atoms with Gasteiger partial charge in [-0.3, -0.25) is 4.79 Å². The first kappa shape index (κ1) is 17.5. The number of hydrogen-bond donors (Lipinski definition) is 2. The Labute approximate surface area is 139 Å². The van der Waals surface area contributed by atoms with Gasteiger partial charge < -0.3 is 15.2 Å². The van der Waals surface area contributed by atoms with Gasteiger partial charge in [0, 0.05) is 13.0 Å². The summed E-state index contributed by atoms with van der Waals surface area (Å²) in [6.07, 6.45) is -0.580. The smallest absolute Gasteiger partial charge is 0.407 e. The van der Waals surface area contributed by atoms with Crippen LogP contribution in [0.3, 0.4) is 0 Å². The van der Waals surface area contributed by atoms with Crippen molar-refractivity contribution in [2.24, 2.45) is 0 Å². The molecule has 0 aliphatic heterocycles. The molecule has 2 aromatic rings. The molecule has 1 amide bonds. The van der Waals surface area contributed by atoms with Gasteiger partial charge in [0.15, 0.2) is 0 Å². The van der Waals surface area contributed by atoms with Crippen LogP contribution in [0.15, 0.2) is 48.5 Å². The second kappa shape index (κ2) is 8.67. The summed E-state index contributed by atoms with van der Waals surface area (Å²) in [7, 11) is 0. The molecule has 2 aromatic carbocycles. The van der Waals surface area contributed by atoms with Crippen LogP contribution in [0.2, 0.25) is 0 Å². The molecule has 0 radical (unpaired) electrons. The maximum Gasteiger partial charge on any atom is 0.407 e. The summed E-state index contributed by atoms with van der Waals surface area (Å²) in [6.45, 7) is 0.291. The number of alkyl carbamates (subject to hydrolysis) is 1. The van der Waals surface area contributed by atoms with Crippen LogP contribution in [0.25, 0.3) is 0 Å². The molecule has 0 aliphatic carbocycles. The zero-order valence-corrected chi connectivity index (χ0v) is 13.0. The number of aliphatic carboxylic acids is 1. The molecule has 0 unspecified atom stereocenters. The molecule has 0 aromatic heterocycles. The molecule has 5 nitrogen and oxygen atoms in total. The van der Waals surface area contributed by atoms with Gasteiger partial charge in [-0.2, -0.15) is 0 Å². The predicted octanol–water partition coefficient (Wildman–Crippen LogP) is 3.27. The van der Waals surface area contributed by atoms with Crippen molar-refractivity contribution in [3.63, 3.8) is 0 Å². The Morgan fingerprint density at radius 3 is 2.50 bits per heavy atom. The molecule has 0 saturated heterocycles. The SMILES string of the molecule is O=C(O)CCc1ccc(CNC(=O)OCc2ccccc2)cc1F. The highest BCUT2D eigenvalue weighted by atomic mass is 19.1. The highest BCUT2D eigenvalue weighted by molar-refractivity contribution is 5.67. The first-order valence-electron chi connectivity index (χ1n) is 7.48. The van der Waals surface area contributed by atoms with Crippen LogP contribution < -0.4 is 5.32 Å². The van der Waals surface area contributed by atoms with Gasteiger partial charge in [-0.15, -0.1) is 0 Å². The van der Waals surface area contributed by atoms with E-state index in [2.05, 4.69) is 5.32 Å². The molecular weight excluding hydrogens is 313 g/mol. The van der Waals surface area contributed by atoms with Crippen LogP contribution in [0.4, 0.5) is 9.18 Å². The third-order valence-electron chi connectivity index (χ3n) is 3.38. The lowest BCUT2D eigenvalue weighted by atomic mass is 10.1. The number of carboxylic acid groups (broad SMARTS) is 1. The Kier molecular flexibility index (Phi) is 6.31. The number of rotatable bonds is 7. The lowest BCUT2D eigenvalue weighted by molar-refractivity contribution is -0.136. The lowest BCUT2D eigenvalue weighted by Crippen LogP contribution is -2.23. The highest BCUT2D eigenvalue weighted by Crippen LogP contribution is 2.12. The van der Waals surface area contributed by atoms with E-state index in [0.717, 1.165) is 5.56 Å². The van der Waals surface area contributed by atoms with E-state index in [1.165, 1.54) is 12.1 Å². The molecule has 0 aliphatic rings. The monoisotopic (exact) mass is 331 g/mol. The molecule has 0 spiro atoms. The first-order chi connectivity index (χ1) is 11.5. The molecule has 0 heterocycles. The van der Waals surface area contributed by atoms with E-state index in [0.29, 0.717) is 11.1 Å². The lowest BCUT2D eigenvalue weighted by Gasteiger charge is -2.08. The Morgan fingerprint density at radius 1 is 1.08 bits per heavy atom. The van der Waals surface area contributed by atoms with Crippen molar-refractivity contribution in [1.29, 1.82) is 0 Å². The number of amides is 1. The summed E-state index contributed by atoms with van der Waals surface area (Å²) in [5.74, 6) is -1.45. The fourth-order valence-electron chi connectivity index (χ4n) is 2.09. The van der Waals surface area contributed by atoms with Gasteiger partial charge in [-0.05, 0) is 29.2 Å². The Balaban J connectivity index is 1.80. The number of ether oxygens (including phenoxy) is 1. The van der Waals surface area contributed by atoms with E-state index in [9.17, 15) is 14.0 Å². The summed E-state index contributed by atoms with van der Waals surface area (Å²) in [5.41, 5.74) is 1.79. The second-order valence-corrected chi connectivity index (χ2v) is 5.23. The van der Waals surface area contributed by atoms with Gasteiger partial charge in [0.1, 0.15) is 12.4 Å². The minimum atomic E-state index is -0.971. The van der Waals surface area contributed by atoms with Crippen LogP contribution in [0.1, 0.15) is 23.1 Å². The standard InChI is InChI=1S/C18H18FNO4/c19-16-10-14(6-7-15(16)8-9-17(21)22)11-20-18(23)24-12-13-4-2-1-3-5-13/h1-7,10H,8-9,11-12H2,(H,20,23)(H,21,22). The molecule has 6 heteroatoms. The highest BCUT2D eigenvalue weighted by Gasteiger charge is 2.08. The van der Waals surface area contributed by atoms with Gasteiger partial charge in [0.25, 0.3) is 0 Å². The molecule has 0 atom stereocenters. The van der Waals surface area contributed by atoms with E-state index in [1.54, 1.807) is 6.07 Å². The second-order valence-electron chi connectivity index (χ2n) is 5.23. The number of benzene rings is 2. The number of halogens is 1. The fraction of sp³-hybridized carbons (Fsp3) is 0.222. The summed E-state index contributed by atoms with van der Waals surface area (Å²) in [6, 6.07) is 13.7. The van der Waals surface area contributed by atoms with Crippen LogP contribution in [0, 0.1) is 5.82 Å². The normalized spacial score (nSPS) is 10.2. The number of aryl methyl sites for hydroxylation is 1.